The van der Waals surface area contributed by atoms with Gasteiger partial charge in [-0.3, -0.25) is 14.8 Å². The Hall–Kier alpha value is -2.95. The topological polar surface area (TPSA) is 139 Å². The lowest BCUT2D eigenvalue weighted by atomic mass is 9.97. The van der Waals surface area contributed by atoms with Crippen molar-refractivity contribution in [3.8, 4) is 5.75 Å². The Balaban J connectivity index is 2.53. The Morgan fingerprint density at radius 2 is 1.69 bits per heavy atom. The fourth-order valence-electron chi connectivity index (χ4n) is 3.45. The average Bonchev–Trinajstić information content (AvgIpc) is 2.78. The van der Waals surface area contributed by atoms with E-state index >= 15 is 0 Å². The van der Waals surface area contributed by atoms with Crippen LogP contribution in [0.15, 0.2) is 59.5 Å². The summed E-state index contributed by atoms with van der Waals surface area (Å²) in [6.07, 6.45) is 0.191. The zero-order valence-electron chi connectivity index (χ0n) is 18.3. The van der Waals surface area contributed by atoms with Crippen LogP contribution in [-0.4, -0.2) is 49.4 Å². The minimum absolute atomic E-state index is 0.0855. The van der Waals surface area contributed by atoms with Crippen LogP contribution in [0.4, 0.5) is 0 Å². The smallest absolute Gasteiger partial charge is 0.262 e. The van der Waals surface area contributed by atoms with Gasteiger partial charge in [0.25, 0.3) is 5.91 Å². The van der Waals surface area contributed by atoms with Gasteiger partial charge >= 0.3 is 0 Å². The van der Waals surface area contributed by atoms with Crippen LogP contribution in [0, 0.1) is 11.8 Å². The molecule has 174 valence electrons. The van der Waals surface area contributed by atoms with Gasteiger partial charge in [-0.25, -0.2) is 13.9 Å². The molecule has 0 bridgehead atoms. The molecule has 0 aliphatic heterocycles. The van der Waals surface area contributed by atoms with Crippen LogP contribution < -0.4 is 16.0 Å². The zero-order chi connectivity index (χ0) is 23.9. The van der Waals surface area contributed by atoms with E-state index < -0.39 is 39.7 Å². The summed E-state index contributed by atoms with van der Waals surface area (Å²) in [4.78, 5) is 24.6. The summed E-state index contributed by atoms with van der Waals surface area (Å²) < 4.78 is 33.2. The molecule has 2 aromatic rings. The lowest BCUT2D eigenvalue weighted by Gasteiger charge is -2.33. The standard InChI is InChI=1S/C22H29N3O6S/c1-15(2)20(22(27)24-28)25(32(29,30)19-11-9-18(31-3)10-12-19)14-17(21(23)26)13-16-7-5-4-6-8-16/h4-12,15,17,20,28H,13-14H2,1-3H3,(H2,23,26)(H,24,27)/t17?,20-/m1/s1. The summed E-state index contributed by atoms with van der Waals surface area (Å²) in [6.45, 7) is 2.95. The number of hydroxylamine groups is 1. The van der Waals surface area contributed by atoms with E-state index in [1.807, 2.05) is 6.07 Å². The molecule has 0 aliphatic carbocycles. The molecular formula is C22H29N3O6S. The first-order chi connectivity index (χ1) is 15.1. The SMILES string of the molecule is COc1ccc(S(=O)(=O)N(CC(Cc2ccccc2)C(N)=O)[C@@H](C(=O)NO)C(C)C)cc1. The third kappa shape index (κ3) is 6.06. The van der Waals surface area contributed by atoms with E-state index in [-0.39, 0.29) is 17.9 Å². The fraction of sp³-hybridized carbons (Fsp3) is 0.364. The van der Waals surface area contributed by atoms with Crippen molar-refractivity contribution in [3.63, 3.8) is 0 Å². The second-order valence-corrected chi connectivity index (χ2v) is 9.59. The molecule has 10 heteroatoms. The number of sulfonamides is 1. The molecule has 0 fully saturated rings. The number of nitrogens with one attached hydrogen (secondary N) is 1. The molecule has 0 heterocycles. The summed E-state index contributed by atoms with van der Waals surface area (Å²) in [5.74, 6) is -2.56. The normalized spacial score (nSPS) is 13.6. The van der Waals surface area contributed by atoms with E-state index in [0.717, 1.165) is 9.87 Å². The van der Waals surface area contributed by atoms with Crippen LogP contribution in [0.3, 0.4) is 0 Å². The van der Waals surface area contributed by atoms with Crippen LogP contribution in [0.1, 0.15) is 19.4 Å². The van der Waals surface area contributed by atoms with Crippen LogP contribution in [0.25, 0.3) is 0 Å². The van der Waals surface area contributed by atoms with E-state index in [0.29, 0.717) is 5.75 Å². The summed E-state index contributed by atoms with van der Waals surface area (Å²) >= 11 is 0. The van der Waals surface area contributed by atoms with Crippen molar-refractivity contribution in [2.45, 2.75) is 31.2 Å². The number of benzene rings is 2. The third-order valence-electron chi connectivity index (χ3n) is 5.11. The van der Waals surface area contributed by atoms with Gasteiger partial charge in [-0.1, -0.05) is 44.2 Å². The van der Waals surface area contributed by atoms with Gasteiger partial charge < -0.3 is 10.5 Å². The number of carbonyl (C=O) groups is 2. The lowest BCUT2D eigenvalue weighted by molar-refractivity contribution is -0.135. The van der Waals surface area contributed by atoms with Gasteiger partial charge in [0.1, 0.15) is 11.8 Å². The third-order valence-corrected chi connectivity index (χ3v) is 6.98. The molecule has 32 heavy (non-hydrogen) atoms. The first-order valence-corrected chi connectivity index (χ1v) is 11.5. The number of hydrogen-bond donors (Lipinski definition) is 3. The van der Waals surface area contributed by atoms with E-state index in [9.17, 15) is 23.2 Å². The van der Waals surface area contributed by atoms with E-state index in [4.69, 9.17) is 10.5 Å². The lowest BCUT2D eigenvalue weighted by Crippen LogP contribution is -2.54. The van der Waals surface area contributed by atoms with Gasteiger partial charge in [-0.05, 0) is 42.2 Å². The number of primary amides is 1. The molecular weight excluding hydrogens is 434 g/mol. The van der Waals surface area contributed by atoms with Crippen LogP contribution in [-0.2, 0) is 26.0 Å². The number of hydrogen-bond acceptors (Lipinski definition) is 6. The molecule has 2 aromatic carbocycles. The molecule has 0 spiro atoms. The number of nitrogens with zero attached hydrogens (tertiary/aromatic N) is 1. The highest BCUT2D eigenvalue weighted by molar-refractivity contribution is 7.89. The highest BCUT2D eigenvalue weighted by Gasteiger charge is 2.40. The molecule has 0 aromatic heterocycles. The first-order valence-electron chi connectivity index (χ1n) is 10.0. The molecule has 0 radical (unpaired) electrons. The number of ether oxygens (including phenoxy) is 1. The molecule has 2 rings (SSSR count). The quantitative estimate of drug-likeness (QED) is 0.341. The summed E-state index contributed by atoms with van der Waals surface area (Å²) in [5, 5.41) is 9.26. The van der Waals surface area contributed by atoms with Gasteiger partial charge in [0.05, 0.1) is 17.9 Å². The predicted octanol–water partition coefficient (Wildman–Crippen LogP) is 1.56. The second-order valence-electron chi connectivity index (χ2n) is 7.70. The van der Waals surface area contributed by atoms with Crippen molar-refractivity contribution in [2.75, 3.05) is 13.7 Å². The number of carbonyl (C=O) groups excluding carboxylic acids is 2. The molecule has 1 unspecified atom stereocenters. The summed E-state index contributed by atoms with van der Waals surface area (Å²) in [7, 11) is -2.79. The minimum atomic E-state index is -4.25. The molecule has 0 saturated heterocycles. The average molecular weight is 464 g/mol. The monoisotopic (exact) mass is 463 g/mol. The van der Waals surface area contributed by atoms with Crippen molar-refractivity contribution in [1.29, 1.82) is 0 Å². The Labute approximate surface area is 188 Å². The van der Waals surface area contributed by atoms with Gasteiger partial charge in [0.15, 0.2) is 0 Å². The fourth-order valence-corrected chi connectivity index (χ4v) is 5.21. The first kappa shape index (κ1) is 25.3. The predicted molar refractivity (Wildman–Crippen MR) is 118 cm³/mol. The number of amides is 2. The Bertz CT molecular complexity index is 1010. The van der Waals surface area contributed by atoms with Crippen LogP contribution >= 0.6 is 0 Å². The highest BCUT2D eigenvalue weighted by atomic mass is 32.2. The Morgan fingerprint density at radius 3 is 2.16 bits per heavy atom. The largest absolute Gasteiger partial charge is 0.497 e. The zero-order valence-corrected chi connectivity index (χ0v) is 19.1. The molecule has 9 nitrogen and oxygen atoms in total. The second kappa shape index (κ2) is 11.1. The van der Waals surface area contributed by atoms with E-state index in [1.165, 1.54) is 36.9 Å². The molecule has 2 amide bonds. The van der Waals surface area contributed by atoms with Gasteiger partial charge in [0, 0.05) is 6.54 Å². The number of rotatable bonds is 11. The van der Waals surface area contributed by atoms with Gasteiger partial charge in [0.2, 0.25) is 15.9 Å². The van der Waals surface area contributed by atoms with Crippen molar-refractivity contribution in [2.24, 2.45) is 17.6 Å². The molecule has 4 N–H and O–H groups in total. The van der Waals surface area contributed by atoms with Crippen molar-refractivity contribution >= 4 is 21.8 Å². The molecule has 0 saturated carbocycles. The Morgan fingerprint density at radius 1 is 1.09 bits per heavy atom. The van der Waals surface area contributed by atoms with Crippen LogP contribution in [0.5, 0.6) is 5.75 Å². The molecule has 2 atom stereocenters. The maximum Gasteiger partial charge on any atom is 0.262 e. The van der Waals surface area contributed by atoms with Crippen molar-refractivity contribution in [1.82, 2.24) is 9.79 Å². The number of methoxy groups -OCH3 is 1. The minimum Gasteiger partial charge on any atom is -0.497 e. The van der Waals surface area contributed by atoms with E-state index in [1.54, 1.807) is 38.1 Å². The molecule has 0 aliphatic rings. The number of nitrogens with two attached hydrogens (primary N) is 1. The summed E-state index contributed by atoms with van der Waals surface area (Å²) in [5.41, 5.74) is 7.95. The van der Waals surface area contributed by atoms with Crippen molar-refractivity contribution in [3.05, 3.63) is 60.2 Å². The van der Waals surface area contributed by atoms with Gasteiger partial charge in [-0.2, -0.15) is 4.31 Å². The van der Waals surface area contributed by atoms with E-state index in [2.05, 4.69) is 0 Å². The highest BCUT2D eigenvalue weighted by Crippen LogP contribution is 2.26. The van der Waals surface area contributed by atoms with Crippen molar-refractivity contribution < 1.29 is 28.0 Å². The maximum absolute atomic E-state index is 13.6. The summed E-state index contributed by atoms with van der Waals surface area (Å²) in [6, 6.07) is 13.4. The van der Waals surface area contributed by atoms with Crippen LogP contribution in [0.2, 0.25) is 0 Å². The Kier molecular flexibility index (Phi) is 8.76. The van der Waals surface area contributed by atoms with Gasteiger partial charge in [-0.15, -0.1) is 0 Å². The maximum atomic E-state index is 13.6.